The van der Waals surface area contributed by atoms with Crippen LogP contribution in [0.1, 0.15) is 20.3 Å². The smallest absolute Gasteiger partial charge is 0.00447 e. The van der Waals surface area contributed by atoms with E-state index in [1.807, 2.05) is 11.8 Å². The van der Waals surface area contributed by atoms with E-state index in [1.165, 1.54) is 12.2 Å². The van der Waals surface area contributed by atoms with E-state index in [0.717, 1.165) is 0 Å². The zero-order chi connectivity index (χ0) is 5.70. The van der Waals surface area contributed by atoms with Crippen molar-refractivity contribution in [2.45, 2.75) is 25.5 Å². The quantitative estimate of drug-likeness (QED) is 0.547. The van der Waals surface area contributed by atoms with Crippen molar-refractivity contribution in [3.05, 3.63) is 6.92 Å². The van der Waals surface area contributed by atoms with Gasteiger partial charge in [-0.3, -0.25) is 0 Å². The van der Waals surface area contributed by atoms with E-state index in [0.29, 0.717) is 5.25 Å². The first kappa shape index (κ1) is 7.35. The fourth-order valence-electron chi connectivity index (χ4n) is 0.354. The molecule has 0 rings (SSSR count). The van der Waals surface area contributed by atoms with Gasteiger partial charge in [0.2, 0.25) is 0 Å². The Hall–Kier alpha value is 0.350. The average molecular weight is 117 g/mol. The van der Waals surface area contributed by atoms with E-state index in [9.17, 15) is 0 Å². The molecule has 1 unspecified atom stereocenters. The molecule has 0 aliphatic heterocycles. The van der Waals surface area contributed by atoms with Gasteiger partial charge < -0.3 is 0 Å². The van der Waals surface area contributed by atoms with Crippen LogP contribution in [-0.2, 0) is 0 Å². The molecule has 0 spiro atoms. The Labute approximate surface area is 50.7 Å². The van der Waals surface area contributed by atoms with Crippen LogP contribution in [0, 0.1) is 6.92 Å². The van der Waals surface area contributed by atoms with Crippen molar-refractivity contribution in [3.63, 3.8) is 0 Å². The molecular weight excluding hydrogens is 104 g/mol. The molecule has 0 nitrogen and oxygen atoms in total. The fraction of sp³-hybridized carbons (Fsp3) is 0.833. The van der Waals surface area contributed by atoms with Crippen LogP contribution >= 0.6 is 11.8 Å². The van der Waals surface area contributed by atoms with Gasteiger partial charge in [-0.05, 0) is 19.1 Å². The maximum atomic E-state index is 3.91. The normalized spacial score (nSPS) is 14.1. The second kappa shape index (κ2) is 4.51. The van der Waals surface area contributed by atoms with Gasteiger partial charge in [-0.15, -0.1) is 0 Å². The van der Waals surface area contributed by atoms with Gasteiger partial charge in [-0.1, -0.05) is 13.8 Å². The first-order valence-electron chi connectivity index (χ1n) is 2.76. The lowest BCUT2D eigenvalue weighted by atomic mass is 10.4. The minimum atomic E-state index is 0.616. The predicted octanol–water partition coefficient (Wildman–Crippen LogP) is 2.35. The summed E-state index contributed by atoms with van der Waals surface area (Å²) in [6.45, 7) is 8.24. The van der Waals surface area contributed by atoms with Crippen molar-refractivity contribution in [1.29, 1.82) is 0 Å². The summed E-state index contributed by atoms with van der Waals surface area (Å²) >= 11 is 1.92. The van der Waals surface area contributed by atoms with Gasteiger partial charge in [0.15, 0.2) is 0 Å². The highest BCUT2D eigenvalue weighted by atomic mass is 32.2. The molecule has 0 N–H and O–H groups in total. The minimum absolute atomic E-state index is 0.616. The Balaban J connectivity index is 2.83. The Morgan fingerprint density at radius 3 is 2.29 bits per heavy atom. The molecule has 1 atom stereocenters. The lowest BCUT2D eigenvalue weighted by molar-refractivity contribution is 0.974. The van der Waals surface area contributed by atoms with Gasteiger partial charge in [0, 0.05) is 5.25 Å². The SMILES string of the molecule is [CH2]C(CC)SCC. The van der Waals surface area contributed by atoms with Crippen LogP contribution in [0.5, 0.6) is 0 Å². The molecule has 0 aromatic rings. The topological polar surface area (TPSA) is 0 Å². The van der Waals surface area contributed by atoms with Crippen LogP contribution in [0.15, 0.2) is 0 Å². The summed E-state index contributed by atoms with van der Waals surface area (Å²) in [5.41, 5.74) is 0. The first-order valence-corrected chi connectivity index (χ1v) is 3.80. The zero-order valence-corrected chi connectivity index (χ0v) is 5.92. The molecule has 1 radical (unpaired) electrons. The number of hydrogen-bond donors (Lipinski definition) is 0. The summed E-state index contributed by atoms with van der Waals surface area (Å²) in [6.07, 6.45) is 1.19. The van der Waals surface area contributed by atoms with E-state index in [-0.39, 0.29) is 0 Å². The molecule has 1 heteroatoms. The zero-order valence-electron chi connectivity index (χ0n) is 5.11. The molecule has 0 aromatic carbocycles. The van der Waals surface area contributed by atoms with E-state index in [4.69, 9.17) is 0 Å². The molecular formula is C6H13S. The second-order valence-electron chi connectivity index (χ2n) is 1.49. The van der Waals surface area contributed by atoms with Crippen molar-refractivity contribution in [3.8, 4) is 0 Å². The number of rotatable bonds is 3. The summed E-state index contributed by atoms with van der Waals surface area (Å²) < 4.78 is 0. The molecule has 0 aliphatic rings. The van der Waals surface area contributed by atoms with Crippen molar-refractivity contribution >= 4 is 11.8 Å². The Morgan fingerprint density at radius 1 is 1.57 bits per heavy atom. The molecule has 7 heavy (non-hydrogen) atoms. The molecule has 0 heterocycles. The summed E-state index contributed by atoms with van der Waals surface area (Å²) in [4.78, 5) is 0. The largest absolute Gasteiger partial charge is 0.159 e. The number of hydrogen-bond acceptors (Lipinski definition) is 1. The monoisotopic (exact) mass is 117 g/mol. The average Bonchev–Trinajstić information content (AvgIpc) is 1.68. The van der Waals surface area contributed by atoms with E-state index < -0.39 is 0 Å². The van der Waals surface area contributed by atoms with Crippen LogP contribution in [0.2, 0.25) is 0 Å². The van der Waals surface area contributed by atoms with Gasteiger partial charge >= 0.3 is 0 Å². The summed E-state index contributed by atoms with van der Waals surface area (Å²) in [5, 5.41) is 0.616. The molecule has 0 fully saturated rings. The van der Waals surface area contributed by atoms with Crippen LogP contribution in [0.3, 0.4) is 0 Å². The summed E-state index contributed by atoms with van der Waals surface area (Å²) in [7, 11) is 0. The molecule has 0 aliphatic carbocycles. The highest BCUT2D eigenvalue weighted by Gasteiger charge is 1.93. The van der Waals surface area contributed by atoms with Crippen LogP contribution in [-0.4, -0.2) is 11.0 Å². The van der Waals surface area contributed by atoms with Crippen LogP contribution < -0.4 is 0 Å². The van der Waals surface area contributed by atoms with Crippen molar-refractivity contribution in [2.75, 3.05) is 5.75 Å². The predicted molar refractivity (Wildman–Crippen MR) is 37.6 cm³/mol. The third-order valence-corrected chi connectivity index (χ3v) is 2.00. The Kier molecular flexibility index (Phi) is 4.73. The van der Waals surface area contributed by atoms with Crippen LogP contribution in [0.4, 0.5) is 0 Å². The maximum absolute atomic E-state index is 3.91. The Morgan fingerprint density at radius 2 is 2.14 bits per heavy atom. The lowest BCUT2D eigenvalue weighted by Crippen LogP contribution is -1.91. The molecule has 0 aromatic heterocycles. The molecule has 43 valence electrons. The fourth-order valence-corrected chi connectivity index (χ4v) is 1.06. The number of thioether (sulfide) groups is 1. The van der Waals surface area contributed by atoms with Crippen molar-refractivity contribution in [1.82, 2.24) is 0 Å². The van der Waals surface area contributed by atoms with Gasteiger partial charge in [0.25, 0.3) is 0 Å². The van der Waals surface area contributed by atoms with Gasteiger partial charge in [0.05, 0.1) is 0 Å². The summed E-state index contributed by atoms with van der Waals surface area (Å²) in [6, 6.07) is 0. The standard InChI is InChI=1S/C6H13S/c1-4-6(3)7-5-2/h6H,3-5H2,1-2H3. The Bertz CT molecular complexity index is 35.2. The van der Waals surface area contributed by atoms with Gasteiger partial charge in [-0.25, -0.2) is 0 Å². The molecule has 0 saturated heterocycles. The first-order chi connectivity index (χ1) is 3.31. The highest BCUT2D eigenvalue weighted by Crippen LogP contribution is 2.10. The van der Waals surface area contributed by atoms with E-state index in [1.54, 1.807) is 0 Å². The van der Waals surface area contributed by atoms with Gasteiger partial charge in [-0.2, -0.15) is 11.8 Å². The van der Waals surface area contributed by atoms with Crippen molar-refractivity contribution in [2.24, 2.45) is 0 Å². The van der Waals surface area contributed by atoms with Crippen LogP contribution in [0.25, 0.3) is 0 Å². The van der Waals surface area contributed by atoms with E-state index in [2.05, 4.69) is 20.8 Å². The minimum Gasteiger partial charge on any atom is -0.159 e. The molecule has 0 amide bonds. The molecule has 0 bridgehead atoms. The molecule has 0 saturated carbocycles. The maximum Gasteiger partial charge on any atom is 0.00447 e. The summed E-state index contributed by atoms with van der Waals surface area (Å²) in [5.74, 6) is 1.20. The third-order valence-electron chi connectivity index (χ3n) is 0.858. The van der Waals surface area contributed by atoms with Gasteiger partial charge in [0.1, 0.15) is 0 Å². The van der Waals surface area contributed by atoms with E-state index >= 15 is 0 Å². The lowest BCUT2D eigenvalue weighted by Gasteiger charge is -2.02. The second-order valence-corrected chi connectivity index (χ2v) is 3.06. The highest BCUT2D eigenvalue weighted by molar-refractivity contribution is 7.99. The third kappa shape index (κ3) is 4.20. The van der Waals surface area contributed by atoms with Crippen molar-refractivity contribution < 1.29 is 0 Å².